The van der Waals surface area contributed by atoms with Gasteiger partial charge in [0.2, 0.25) is 0 Å². The number of hydrogen-bond acceptors (Lipinski definition) is 3. The number of aromatic amines is 2. The minimum Gasteiger partial charge on any atom is -0.334 e. The smallest absolute Gasteiger partial charge is 0.255 e. The lowest BCUT2D eigenvalue weighted by Crippen LogP contribution is -2.34. The molecule has 1 aromatic heterocycles. The molecule has 0 bridgehead atoms. The number of H-pyrrole nitrogens is 2. The predicted molar refractivity (Wildman–Crippen MR) is 84.2 cm³/mol. The zero-order valence-electron chi connectivity index (χ0n) is 10.8. The van der Waals surface area contributed by atoms with Crippen molar-refractivity contribution in [2.45, 2.75) is 19.5 Å². The molecule has 4 nitrogen and oxygen atoms in total. The predicted octanol–water partition coefficient (Wildman–Crippen LogP) is 2.75. The fraction of sp³-hybridized carbons (Fsp3) is 0.286. The highest BCUT2D eigenvalue weighted by atomic mass is 79.9. The molecule has 0 saturated heterocycles. The molecule has 0 radical (unpaired) electrons. The van der Waals surface area contributed by atoms with Crippen LogP contribution in [0.25, 0.3) is 0 Å². The molecule has 104 valence electrons. The zero-order valence-corrected chi connectivity index (χ0v) is 13.2. The first-order valence-corrected chi connectivity index (χ1v) is 7.63. The van der Waals surface area contributed by atoms with Crippen molar-refractivity contribution < 1.29 is 0 Å². The summed E-state index contributed by atoms with van der Waals surface area (Å²) < 4.78 is 1.49. The maximum Gasteiger partial charge on any atom is 0.255 e. The molecule has 0 unspecified atom stereocenters. The first-order chi connectivity index (χ1) is 9.61. The second-order valence-corrected chi connectivity index (χ2v) is 6.28. The van der Waals surface area contributed by atoms with Gasteiger partial charge >= 0.3 is 0 Å². The molecule has 0 aliphatic carbocycles. The molecule has 2 heterocycles. The van der Waals surface area contributed by atoms with Gasteiger partial charge in [-0.3, -0.25) is 14.7 Å². The minimum absolute atomic E-state index is 0.0501. The van der Waals surface area contributed by atoms with Crippen LogP contribution < -0.4 is 5.56 Å². The van der Waals surface area contributed by atoms with E-state index < -0.39 is 0 Å². The summed E-state index contributed by atoms with van der Waals surface area (Å²) in [7, 11) is 0. The van der Waals surface area contributed by atoms with Gasteiger partial charge in [0, 0.05) is 35.4 Å². The Kier molecular flexibility index (Phi) is 3.87. The van der Waals surface area contributed by atoms with Crippen molar-refractivity contribution in [1.29, 1.82) is 0 Å². The van der Waals surface area contributed by atoms with E-state index >= 15 is 0 Å². The fourth-order valence-electron chi connectivity index (χ4n) is 2.56. The summed E-state index contributed by atoms with van der Waals surface area (Å²) in [6.07, 6.45) is 0.755. The maximum absolute atomic E-state index is 11.8. The van der Waals surface area contributed by atoms with E-state index in [1.165, 1.54) is 5.56 Å². The van der Waals surface area contributed by atoms with Gasteiger partial charge in [-0.25, -0.2) is 0 Å². The SMILES string of the molecule is O=c1[nH]c(=S)[nH]c2c1CCN(Cc1cccc(Br)c1)C2. The second kappa shape index (κ2) is 5.63. The van der Waals surface area contributed by atoms with Gasteiger partial charge < -0.3 is 4.98 Å². The number of nitrogens with one attached hydrogen (secondary N) is 2. The van der Waals surface area contributed by atoms with Crippen molar-refractivity contribution in [3.05, 3.63) is 60.7 Å². The zero-order chi connectivity index (χ0) is 14.1. The summed E-state index contributed by atoms with van der Waals surface area (Å²) >= 11 is 8.52. The minimum atomic E-state index is -0.0501. The van der Waals surface area contributed by atoms with Crippen molar-refractivity contribution in [2.75, 3.05) is 6.54 Å². The van der Waals surface area contributed by atoms with E-state index in [9.17, 15) is 4.79 Å². The molecular weight excluding hydrogens is 338 g/mol. The van der Waals surface area contributed by atoms with Crippen LogP contribution in [-0.2, 0) is 19.5 Å². The summed E-state index contributed by atoms with van der Waals surface area (Å²) in [6.45, 7) is 2.48. The van der Waals surface area contributed by atoms with Crippen molar-refractivity contribution in [2.24, 2.45) is 0 Å². The van der Waals surface area contributed by atoms with E-state index in [0.717, 1.165) is 41.8 Å². The monoisotopic (exact) mass is 351 g/mol. The highest BCUT2D eigenvalue weighted by molar-refractivity contribution is 9.10. The molecule has 1 aliphatic rings. The molecule has 1 aliphatic heterocycles. The number of halogens is 1. The summed E-state index contributed by atoms with van der Waals surface area (Å²) in [5.41, 5.74) is 2.99. The van der Waals surface area contributed by atoms with E-state index in [4.69, 9.17) is 12.2 Å². The van der Waals surface area contributed by atoms with Crippen LogP contribution in [0.3, 0.4) is 0 Å². The summed E-state index contributed by atoms with van der Waals surface area (Å²) in [5, 5.41) is 0. The number of fused-ring (bicyclic) bond motifs is 1. The molecule has 20 heavy (non-hydrogen) atoms. The van der Waals surface area contributed by atoms with Crippen LogP contribution in [-0.4, -0.2) is 21.4 Å². The van der Waals surface area contributed by atoms with Crippen LogP contribution >= 0.6 is 28.1 Å². The van der Waals surface area contributed by atoms with Crippen LogP contribution in [0, 0.1) is 4.77 Å². The Morgan fingerprint density at radius 2 is 2.20 bits per heavy atom. The van der Waals surface area contributed by atoms with Crippen LogP contribution in [0.15, 0.2) is 33.5 Å². The Morgan fingerprint density at radius 1 is 1.35 bits per heavy atom. The van der Waals surface area contributed by atoms with Crippen molar-refractivity contribution >= 4 is 28.1 Å². The first kappa shape index (κ1) is 13.7. The number of nitrogens with zero attached hydrogens (tertiary/aromatic N) is 1. The molecule has 2 N–H and O–H groups in total. The third kappa shape index (κ3) is 2.92. The second-order valence-electron chi connectivity index (χ2n) is 4.96. The van der Waals surface area contributed by atoms with E-state index in [0.29, 0.717) is 4.77 Å². The third-order valence-corrected chi connectivity index (χ3v) is 4.18. The van der Waals surface area contributed by atoms with Crippen LogP contribution in [0.1, 0.15) is 16.8 Å². The van der Waals surface area contributed by atoms with Crippen molar-refractivity contribution in [3.8, 4) is 0 Å². The number of hydrogen-bond donors (Lipinski definition) is 2. The maximum atomic E-state index is 11.8. The van der Waals surface area contributed by atoms with Crippen molar-refractivity contribution in [3.63, 3.8) is 0 Å². The van der Waals surface area contributed by atoms with Crippen LogP contribution in [0.4, 0.5) is 0 Å². The van der Waals surface area contributed by atoms with E-state index in [1.807, 2.05) is 12.1 Å². The van der Waals surface area contributed by atoms with Gasteiger partial charge in [0.1, 0.15) is 0 Å². The fourth-order valence-corrected chi connectivity index (χ4v) is 3.22. The highest BCUT2D eigenvalue weighted by Gasteiger charge is 2.19. The number of benzene rings is 1. The van der Waals surface area contributed by atoms with E-state index in [1.54, 1.807) is 0 Å². The summed E-state index contributed by atoms with van der Waals surface area (Å²) in [4.78, 5) is 19.9. The Labute approximate surface area is 130 Å². The van der Waals surface area contributed by atoms with Crippen molar-refractivity contribution in [1.82, 2.24) is 14.9 Å². The standard InChI is InChI=1S/C14H14BrN3OS/c15-10-3-1-2-9(6-10)7-18-5-4-11-12(8-18)16-14(20)17-13(11)19/h1-3,6H,4-5,7-8H2,(H2,16,17,19,20). The average Bonchev–Trinajstić information content (AvgIpc) is 2.38. The quantitative estimate of drug-likeness (QED) is 0.818. The lowest BCUT2D eigenvalue weighted by atomic mass is 10.1. The molecular formula is C14H14BrN3OS. The Hall–Kier alpha value is -1.24. The van der Waals surface area contributed by atoms with Gasteiger partial charge in [0.15, 0.2) is 4.77 Å². The molecule has 0 amide bonds. The summed E-state index contributed by atoms with van der Waals surface area (Å²) in [5.74, 6) is 0. The van der Waals surface area contributed by atoms with Gasteiger partial charge in [-0.15, -0.1) is 0 Å². The third-order valence-electron chi connectivity index (χ3n) is 3.48. The Bertz CT molecular complexity index is 753. The molecule has 3 rings (SSSR count). The van der Waals surface area contributed by atoms with Gasteiger partial charge in [-0.2, -0.15) is 0 Å². The van der Waals surface area contributed by atoms with Crippen LogP contribution in [0.2, 0.25) is 0 Å². The highest BCUT2D eigenvalue weighted by Crippen LogP contribution is 2.18. The average molecular weight is 352 g/mol. The number of aromatic nitrogens is 2. The van der Waals surface area contributed by atoms with E-state index in [2.05, 4.69) is 42.9 Å². The van der Waals surface area contributed by atoms with E-state index in [-0.39, 0.29) is 5.56 Å². The molecule has 0 spiro atoms. The first-order valence-electron chi connectivity index (χ1n) is 6.43. The molecule has 0 atom stereocenters. The number of rotatable bonds is 2. The lowest BCUT2D eigenvalue weighted by molar-refractivity contribution is 0.240. The van der Waals surface area contributed by atoms with Gasteiger partial charge in [0.25, 0.3) is 5.56 Å². The van der Waals surface area contributed by atoms with Gasteiger partial charge in [-0.1, -0.05) is 28.1 Å². The van der Waals surface area contributed by atoms with Gasteiger partial charge in [0.05, 0.1) is 0 Å². The normalized spacial score (nSPS) is 15.1. The summed E-state index contributed by atoms with van der Waals surface area (Å²) in [6, 6.07) is 8.29. The Balaban J connectivity index is 1.82. The lowest BCUT2D eigenvalue weighted by Gasteiger charge is -2.27. The molecule has 1 aromatic carbocycles. The topological polar surface area (TPSA) is 51.9 Å². The van der Waals surface area contributed by atoms with Crippen LogP contribution in [0.5, 0.6) is 0 Å². The molecule has 0 fully saturated rings. The largest absolute Gasteiger partial charge is 0.334 e. The molecule has 2 aromatic rings. The molecule has 6 heteroatoms. The van der Waals surface area contributed by atoms with Gasteiger partial charge in [-0.05, 0) is 36.3 Å². The molecule has 0 saturated carbocycles. The Morgan fingerprint density at radius 3 is 3.00 bits per heavy atom.